The van der Waals surface area contributed by atoms with Crippen molar-refractivity contribution in [3.63, 3.8) is 0 Å². The average Bonchev–Trinajstić information content (AvgIpc) is 2.74. The molecule has 0 bridgehead atoms. The maximum absolute atomic E-state index is 4.29. The normalized spacial score (nSPS) is 24.8. The Morgan fingerprint density at radius 3 is 3.31 bits per heavy atom. The first-order chi connectivity index (χ1) is 6.36. The van der Waals surface area contributed by atoms with Gasteiger partial charge in [-0.15, -0.1) is 11.3 Å². The lowest BCUT2D eigenvalue weighted by Gasteiger charge is -2.16. The summed E-state index contributed by atoms with van der Waals surface area (Å²) in [6.07, 6.45) is 3.10. The lowest BCUT2D eigenvalue weighted by molar-refractivity contribution is 0.477. The minimum atomic E-state index is 0.393. The zero-order valence-electron chi connectivity index (χ0n) is 7.79. The summed E-state index contributed by atoms with van der Waals surface area (Å²) in [5.74, 6) is 0. The molecule has 0 amide bonds. The van der Waals surface area contributed by atoms with E-state index in [9.17, 15) is 0 Å². The minimum Gasteiger partial charge on any atom is -0.315 e. The Balaban J connectivity index is 1.87. The molecule has 0 aliphatic carbocycles. The molecule has 13 heavy (non-hydrogen) atoms. The summed E-state index contributed by atoms with van der Waals surface area (Å²) in [7, 11) is 0. The predicted octanol–water partition coefficient (Wildman–Crippen LogP) is 1.16. The Hall–Kier alpha value is -0.450. The van der Waals surface area contributed by atoms with Gasteiger partial charge in [0.25, 0.3) is 0 Å². The molecule has 1 fully saturated rings. The van der Waals surface area contributed by atoms with E-state index in [4.69, 9.17) is 0 Å². The molecule has 1 aromatic heterocycles. The Labute approximate surface area is 82.6 Å². The highest BCUT2D eigenvalue weighted by Gasteiger charge is 2.17. The molecule has 1 aliphatic rings. The predicted molar refractivity (Wildman–Crippen MR) is 54.9 cm³/mol. The molecule has 0 spiro atoms. The maximum atomic E-state index is 4.29. The molecule has 0 saturated carbocycles. The van der Waals surface area contributed by atoms with Gasteiger partial charge in [0.05, 0.1) is 6.04 Å². The fourth-order valence-electron chi connectivity index (χ4n) is 1.67. The number of nitrogens with one attached hydrogen (secondary N) is 2. The quantitative estimate of drug-likeness (QED) is 0.763. The van der Waals surface area contributed by atoms with E-state index < -0.39 is 0 Å². The molecule has 0 unspecified atom stereocenters. The average molecular weight is 197 g/mol. The molecule has 2 rings (SSSR count). The van der Waals surface area contributed by atoms with Gasteiger partial charge >= 0.3 is 0 Å². The van der Waals surface area contributed by atoms with Gasteiger partial charge in [-0.1, -0.05) is 0 Å². The van der Waals surface area contributed by atoms with Crippen molar-refractivity contribution < 1.29 is 0 Å². The molecule has 3 nitrogen and oxygen atoms in total. The summed E-state index contributed by atoms with van der Waals surface area (Å²) in [6.45, 7) is 4.41. The van der Waals surface area contributed by atoms with E-state index in [1.165, 1.54) is 11.4 Å². The van der Waals surface area contributed by atoms with Crippen molar-refractivity contribution in [2.75, 3.05) is 13.1 Å². The second-order valence-electron chi connectivity index (χ2n) is 3.45. The molecule has 1 saturated heterocycles. The van der Waals surface area contributed by atoms with Gasteiger partial charge in [-0.3, -0.25) is 0 Å². The van der Waals surface area contributed by atoms with Gasteiger partial charge in [-0.25, -0.2) is 4.98 Å². The third-order valence-electron chi connectivity index (χ3n) is 2.37. The lowest BCUT2D eigenvalue weighted by Crippen LogP contribution is -2.33. The molecule has 4 heteroatoms. The van der Waals surface area contributed by atoms with Crippen molar-refractivity contribution in [3.05, 3.63) is 16.6 Å². The fourth-order valence-corrected chi connectivity index (χ4v) is 2.33. The monoisotopic (exact) mass is 197 g/mol. The van der Waals surface area contributed by atoms with Gasteiger partial charge in [0.15, 0.2) is 0 Å². The molecule has 2 N–H and O–H groups in total. The molecular weight excluding hydrogens is 182 g/mol. The van der Waals surface area contributed by atoms with Crippen LogP contribution in [0, 0.1) is 0 Å². The Bertz CT molecular complexity index is 241. The second kappa shape index (κ2) is 4.17. The first kappa shape index (κ1) is 9.12. The van der Waals surface area contributed by atoms with Crippen LogP contribution in [0.4, 0.5) is 0 Å². The first-order valence-electron chi connectivity index (χ1n) is 4.72. The van der Waals surface area contributed by atoms with Crippen LogP contribution in [0.1, 0.15) is 24.4 Å². The highest BCUT2D eigenvalue weighted by atomic mass is 32.1. The number of rotatable bonds is 3. The van der Waals surface area contributed by atoms with E-state index in [1.54, 1.807) is 11.3 Å². The lowest BCUT2D eigenvalue weighted by atomic mass is 10.2. The van der Waals surface area contributed by atoms with Gasteiger partial charge in [0.1, 0.15) is 5.01 Å². The van der Waals surface area contributed by atoms with E-state index in [-0.39, 0.29) is 0 Å². The number of hydrogen-bond donors (Lipinski definition) is 2. The Morgan fingerprint density at radius 1 is 1.77 bits per heavy atom. The number of hydrogen-bond acceptors (Lipinski definition) is 4. The molecule has 1 aliphatic heterocycles. The van der Waals surface area contributed by atoms with Crippen LogP contribution < -0.4 is 10.6 Å². The van der Waals surface area contributed by atoms with Crippen LogP contribution in [0.3, 0.4) is 0 Å². The first-order valence-corrected chi connectivity index (χ1v) is 5.60. The summed E-state index contributed by atoms with van der Waals surface area (Å²) >= 11 is 1.72. The van der Waals surface area contributed by atoms with E-state index in [1.807, 2.05) is 11.6 Å². The highest BCUT2D eigenvalue weighted by molar-refractivity contribution is 7.09. The Morgan fingerprint density at radius 2 is 2.69 bits per heavy atom. The van der Waals surface area contributed by atoms with Crippen molar-refractivity contribution in [1.29, 1.82) is 0 Å². The van der Waals surface area contributed by atoms with E-state index in [2.05, 4.69) is 22.5 Å². The maximum Gasteiger partial charge on any atom is 0.109 e. The van der Waals surface area contributed by atoms with Crippen LogP contribution in [0.2, 0.25) is 0 Å². The van der Waals surface area contributed by atoms with Crippen LogP contribution in [-0.4, -0.2) is 24.1 Å². The molecule has 2 atom stereocenters. The SMILES string of the molecule is C[C@H](N[C@H]1CCNC1)c1nccs1. The van der Waals surface area contributed by atoms with Crippen molar-refractivity contribution >= 4 is 11.3 Å². The second-order valence-corrected chi connectivity index (χ2v) is 4.37. The van der Waals surface area contributed by atoms with Crippen LogP contribution in [0.25, 0.3) is 0 Å². The van der Waals surface area contributed by atoms with Crippen molar-refractivity contribution in [1.82, 2.24) is 15.6 Å². The highest BCUT2D eigenvalue weighted by Crippen LogP contribution is 2.16. The van der Waals surface area contributed by atoms with Crippen LogP contribution in [0.15, 0.2) is 11.6 Å². The summed E-state index contributed by atoms with van der Waals surface area (Å²) in [5, 5.41) is 10.1. The van der Waals surface area contributed by atoms with Crippen molar-refractivity contribution in [2.45, 2.75) is 25.4 Å². The molecule has 2 heterocycles. The number of aromatic nitrogens is 1. The number of thiazole rings is 1. The van der Waals surface area contributed by atoms with Gasteiger partial charge in [-0.05, 0) is 19.9 Å². The third kappa shape index (κ3) is 2.27. The van der Waals surface area contributed by atoms with Gasteiger partial charge < -0.3 is 10.6 Å². The summed E-state index contributed by atoms with van der Waals surface area (Å²) in [5.41, 5.74) is 0. The molecular formula is C9H15N3S. The van der Waals surface area contributed by atoms with Crippen LogP contribution in [-0.2, 0) is 0 Å². The zero-order valence-corrected chi connectivity index (χ0v) is 8.60. The molecule has 1 aromatic rings. The topological polar surface area (TPSA) is 37.0 Å². The van der Waals surface area contributed by atoms with E-state index in [0.29, 0.717) is 12.1 Å². The van der Waals surface area contributed by atoms with Gasteiger partial charge in [-0.2, -0.15) is 0 Å². The largest absolute Gasteiger partial charge is 0.315 e. The smallest absolute Gasteiger partial charge is 0.109 e. The van der Waals surface area contributed by atoms with Crippen molar-refractivity contribution in [3.8, 4) is 0 Å². The molecule has 0 aromatic carbocycles. The van der Waals surface area contributed by atoms with Crippen molar-refractivity contribution in [2.24, 2.45) is 0 Å². The van der Waals surface area contributed by atoms with Gasteiger partial charge in [0, 0.05) is 24.2 Å². The third-order valence-corrected chi connectivity index (χ3v) is 3.33. The molecule has 0 radical (unpaired) electrons. The van der Waals surface area contributed by atoms with Crippen LogP contribution >= 0.6 is 11.3 Å². The molecule has 72 valence electrons. The number of nitrogens with zero attached hydrogens (tertiary/aromatic N) is 1. The van der Waals surface area contributed by atoms with Gasteiger partial charge in [0.2, 0.25) is 0 Å². The Kier molecular flexibility index (Phi) is 2.93. The minimum absolute atomic E-state index is 0.393. The summed E-state index contributed by atoms with van der Waals surface area (Å²) in [4.78, 5) is 4.29. The standard InChI is InChI=1S/C9H15N3S/c1-7(9-11-4-5-13-9)12-8-2-3-10-6-8/h4-5,7-8,10,12H,2-3,6H2,1H3/t7-,8-/m0/s1. The summed E-state index contributed by atoms with van der Waals surface area (Å²) in [6, 6.07) is 1.02. The van der Waals surface area contributed by atoms with E-state index >= 15 is 0 Å². The van der Waals surface area contributed by atoms with Crippen LogP contribution in [0.5, 0.6) is 0 Å². The fraction of sp³-hybridized carbons (Fsp3) is 0.667. The summed E-state index contributed by atoms with van der Waals surface area (Å²) < 4.78 is 0. The zero-order chi connectivity index (χ0) is 9.10. The van der Waals surface area contributed by atoms with E-state index in [0.717, 1.165) is 13.1 Å².